The van der Waals surface area contributed by atoms with Gasteiger partial charge < -0.3 is 0 Å². The quantitative estimate of drug-likeness (QED) is 0.734. The van der Waals surface area contributed by atoms with Gasteiger partial charge in [-0.05, 0) is 56.3 Å². The molecule has 0 aromatic heterocycles. The zero-order chi connectivity index (χ0) is 11.0. The number of piperidine rings is 1. The molecule has 0 amide bonds. The molecule has 2 saturated heterocycles. The lowest BCUT2D eigenvalue weighted by Crippen LogP contribution is -2.37. The molecular formula is C14H19BrClN. The number of nitrogens with zero attached hydrogens (tertiary/aromatic N) is 1. The fourth-order valence-electron chi connectivity index (χ4n) is 3.33. The molecule has 17 heavy (non-hydrogen) atoms. The Labute approximate surface area is 118 Å². The normalized spacial score (nSPS) is 28.5. The van der Waals surface area contributed by atoms with Crippen LogP contribution < -0.4 is 0 Å². The molecule has 0 N–H and O–H groups in total. The molecule has 2 heterocycles. The van der Waals surface area contributed by atoms with E-state index in [-0.39, 0.29) is 12.4 Å². The maximum absolute atomic E-state index is 3.51. The fourth-order valence-corrected chi connectivity index (χ4v) is 3.60. The molecule has 0 radical (unpaired) electrons. The van der Waals surface area contributed by atoms with Crippen LogP contribution in [0.25, 0.3) is 0 Å². The van der Waals surface area contributed by atoms with Crippen LogP contribution in [0, 0.1) is 0 Å². The Morgan fingerprint density at radius 3 is 2.47 bits per heavy atom. The molecule has 0 aliphatic carbocycles. The van der Waals surface area contributed by atoms with E-state index in [1.807, 2.05) is 0 Å². The maximum atomic E-state index is 3.51. The van der Waals surface area contributed by atoms with Gasteiger partial charge in [-0.2, -0.15) is 0 Å². The highest BCUT2D eigenvalue weighted by atomic mass is 79.9. The van der Waals surface area contributed by atoms with Crippen LogP contribution in [0.5, 0.6) is 0 Å². The van der Waals surface area contributed by atoms with E-state index in [1.54, 1.807) is 0 Å². The zero-order valence-electron chi connectivity index (χ0n) is 9.94. The second-order valence-corrected chi connectivity index (χ2v) is 5.95. The van der Waals surface area contributed by atoms with Crippen LogP contribution in [-0.4, -0.2) is 17.5 Å². The Morgan fingerprint density at radius 1 is 1.00 bits per heavy atom. The molecule has 2 aliphatic rings. The highest BCUT2D eigenvalue weighted by Gasteiger charge is 2.34. The molecule has 2 atom stereocenters. The second-order valence-electron chi connectivity index (χ2n) is 5.03. The van der Waals surface area contributed by atoms with Crippen LogP contribution >= 0.6 is 28.3 Å². The minimum Gasteiger partial charge on any atom is -0.293 e. The third-order valence-corrected chi connectivity index (χ3v) is 4.62. The largest absolute Gasteiger partial charge is 0.293 e. The third kappa shape index (κ3) is 2.69. The molecule has 0 unspecified atom stereocenters. The maximum Gasteiger partial charge on any atom is 0.0351 e. The number of hydrogen-bond acceptors (Lipinski definition) is 1. The Bertz CT molecular complexity index is 365. The van der Waals surface area contributed by atoms with Gasteiger partial charge >= 0.3 is 0 Å². The van der Waals surface area contributed by atoms with Crippen molar-refractivity contribution in [3.63, 3.8) is 0 Å². The molecule has 1 nitrogen and oxygen atoms in total. The van der Waals surface area contributed by atoms with E-state index >= 15 is 0 Å². The summed E-state index contributed by atoms with van der Waals surface area (Å²) in [7, 11) is 0. The summed E-state index contributed by atoms with van der Waals surface area (Å²) in [6.07, 6.45) is 7.00. The van der Waals surface area contributed by atoms with Crippen molar-refractivity contribution in [1.82, 2.24) is 4.90 Å². The van der Waals surface area contributed by atoms with Crippen molar-refractivity contribution in [3.8, 4) is 0 Å². The van der Waals surface area contributed by atoms with Crippen LogP contribution in [-0.2, 0) is 0 Å². The van der Waals surface area contributed by atoms with Gasteiger partial charge in [-0.25, -0.2) is 0 Å². The van der Waals surface area contributed by atoms with Gasteiger partial charge in [0, 0.05) is 16.6 Å². The Balaban J connectivity index is 0.00000108. The number of benzene rings is 1. The van der Waals surface area contributed by atoms with Gasteiger partial charge in [-0.15, -0.1) is 12.4 Å². The first-order valence-electron chi connectivity index (χ1n) is 6.36. The molecule has 2 aliphatic heterocycles. The number of fused-ring (bicyclic) bond motifs is 1. The van der Waals surface area contributed by atoms with E-state index in [0.29, 0.717) is 6.04 Å². The van der Waals surface area contributed by atoms with Crippen molar-refractivity contribution >= 4 is 28.3 Å². The smallest absolute Gasteiger partial charge is 0.0351 e. The average Bonchev–Trinajstić information content (AvgIpc) is 2.78. The van der Waals surface area contributed by atoms with E-state index < -0.39 is 0 Å². The van der Waals surface area contributed by atoms with E-state index in [2.05, 4.69) is 45.1 Å². The van der Waals surface area contributed by atoms with Crippen LogP contribution in [0.2, 0.25) is 0 Å². The molecule has 1 aromatic rings. The minimum atomic E-state index is 0. The zero-order valence-corrected chi connectivity index (χ0v) is 12.3. The Morgan fingerprint density at radius 2 is 1.71 bits per heavy atom. The van der Waals surface area contributed by atoms with E-state index in [4.69, 9.17) is 0 Å². The van der Waals surface area contributed by atoms with Gasteiger partial charge in [0.25, 0.3) is 0 Å². The summed E-state index contributed by atoms with van der Waals surface area (Å²) < 4.78 is 1.19. The van der Waals surface area contributed by atoms with Crippen molar-refractivity contribution in [2.24, 2.45) is 0 Å². The summed E-state index contributed by atoms with van der Waals surface area (Å²) in [4.78, 5) is 2.74. The van der Waals surface area contributed by atoms with Crippen molar-refractivity contribution in [2.45, 2.75) is 44.2 Å². The summed E-state index contributed by atoms with van der Waals surface area (Å²) in [6.45, 7) is 1.31. The second kappa shape index (κ2) is 5.73. The van der Waals surface area contributed by atoms with Gasteiger partial charge in [0.2, 0.25) is 0 Å². The lowest BCUT2D eigenvalue weighted by Gasteiger charge is -2.38. The van der Waals surface area contributed by atoms with Crippen molar-refractivity contribution in [2.75, 3.05) is 6.54 Å². The molecule has 3 heteroatoms. The minimum absolute atomic E-state index is 0. The Kier molecular flexibility index (Phi) is 4.51. The Hall–Kier alpha value is -0.0500. The fraction of sp³-hybridized carbons (Fsp3) is 0.571. The number of hydrogen-bond donors (Lipinski definition) is 0. The molecule has 3 rings (SSSR count). The molecule has 0 bridgehead atoms. The summed E-state index contributed by atoms with van der Waals surface area (Å²) in [5.74, 6) is 0. The monoisotopic (exact) mass is 315 g/mol. The van der Waals surface area contributed by atoms with Gasteiger partial charge in [0.05, 0.1) is 0 Å². The SMILES string of the molecule is Brc1ccc([C@@H]2CCC[C@@H]3CCCN32)cc1.Cl. The number of rotatable bonds is 1. The highest BCUT2D eigenvalue weighted by Crippen LogP contribution is 2.39. The summed E-state index contributed by atoms with van der Waals surface area (Å²) in [6, 6.07) is 10.5. The highest BCUT2D eigenvalue weighted by molar-refractivity contribution is 9.10. The van der Waals surface area contributed by atoms with Crippen molar-refractivity contribution in [1.29, 1.82) is 0 Å². The van der Waals surface area contributed by atoms with E-state index in [9.17, 15) is 0 Å². The predicted octanol–water partition coefficient (Wildman–Crippen LogP) is 4.56. The molecule has 94 valence electrons. The van der Waals surface area contributed by atoms with Crippen molar-refractivity contribution < 1.29 is 0 Å². The molecule has 1 aromatic carbocycles. The first-order valence-corrected chi connectivity index (χ1v) is 7.15. The van der Waals surface area contributed by atoms with Gasteiger partial charge in [-0.3, -0.25) is 4.90 Å². The summed E-state index contributed by atoms with van der Waals surface area (Å²) >= 11 is 3.51. The predicted molar refractivity (Wildman–Crippen MR) is 77.7 cm³/mol. The van der Waals surface area contributed by atoms with Crippen molar-refractivity contribution in [3.05, 3.63) is 34.3 Å². The van der Waals surface area contributed by atoms with Gasteiger partial charge in [-0.1, -0.05) is 28.1 Å². The van der Waals surface area contributed by atoms with Gasteiger partial charge in [0.1, 0.15) is 0 Å². The number of halogens is 2. The first kappa shape index (κ1) is 13.4. The average molecular weight is 317 g/mol. The molecule has 0 saturated carbocycles. The van der Waals surface area contributed by atoms with Crippen LogP contribution in [0.3, 0.4) is 0 Å². The van der Waals surface area contributed by atoms with E-state index in [0.717, 1.165) is 6.04 Å². The molecule has 2 fully saturated rings. The topological polar surface area (TPSA) is 3.24 Å². The van der Waals surface area contributed by atoms with Gasteiger partial charge in [0.15, 0.2) is 0 Å². The van der Waals surface area contributed by atoms with E-state index in [1.165, 1.54) is 48.7 Å². The third-order valence-electron chi connectivity index (χ3n) is 4.09. The van der Waals surface area contributed by atoms with Crippen LogP contribution in [0.4, 0.5) is 0 Å². The molecular weight excluding hydrogens is 298 g/mol. The lowest BCUT2D eigenvalue weighted by molar-refractivity contribution is 0.123. The first-order chi connectivity index (χ1) is 7.84. The van der Waals surface area contributed by atoms with Crippen LogP contribution in [0.15, 0.2) is 28.7 Å². The molecule has 0 spiro atoms. The summed E-state index contributed by atoms with van der Waals surface area (Å²) in [5, 5.41) is 0. The standard InChI is InChI=1S/C14H18BrN.ClH/c15-12-8-6-11(7-9-12)14-5-1-3-13-4-2-10-16(13)14;/h6-9,13-14H,1-5,10H2;1H/t13-,14+;/m1./s1. The summed E-state index contributed by atoms with van der Waals surface area (Å²) in [5.41, 5.74) is 1.51. The van der Waals surface area contributed by atoms with Crippen LogP contribution in [0.1, 0.15) is 43.7 Å². The lowest BCUT2D eigenvalue weighted by atomic mass is 9.92.